The van der Waals surface area contributed by atoms with Gasteiger partial charge in [-0.2, -0.15) is 0 Å². The van der Waals surface area contributed by atoms with Gasteiger partial charge in [-0.25, -0.2) is 0 Å². The number of aromatic nitrogens is 2. The van der Waals surface area contributed by atoms with Crippen molar-refractivity contribution in [2.45, 2.75) is 0 Å². The van der Waals surface area contributed by atoms with E-state index in [2.05, 4.69) is 32.8 Å². The monoisotopic (exact) mass is 295 g/mol. The maximum Gasteiger partial charge on any atom is 0.127 e. The first-order valence-electron chi connectivity index (χ1n) is 7.44. The number of hydrogen-bond acceptors (Lipinski definition) is 3. The van der Waals surface area contributed by atoms with E-state index in [1.54, 1.807) is 0 Å². The topological polar surface area (TPSA) is 30.3 Å². The van der Waals surface area contributed by atoms with E-state index in [1.807, 2.05) is 51.6 Å². The van der Waals surface area contributed by atoms with Gasteiger partial charge >= 0.3 is 0 Å². The zero-order chi connectivity index (χ0) is 15.5. The number of pyridine rings is 1. The number of fused-ring (bicyclic) bond motifs is 1. The summed E-state index contributed by atoms with van der Waals surface area (Å²) in [6, 6.07) is 12.2. The van der Waals surface area contributed by atoms with Gasteiger partial charge in [-0.1, -0.05) is 18.2 Å². The van der Waals surface area contributed by atoms with Crippen LogP contribution in [0.3, 0.4) is 0 Å². The number of rotatable bonds is 5. The Morgan fingerprint density at radius 3 is 2.73 bits per heavy atom. The summed E-state index contributed by atoms with van der Waals surface area (Å²) >= 11 is 0. The van der Waals surface area contributed by atoms with Crippen molar-refractivity contribution in [3.05, 3.63) is 48.8 Å². The van der Waals surface area contributed by atoms with E-state index in [-0.39, 0.29) is 0 Å². The molecule has 0 unspecified atom stereocenters. The molecule has 0 amide bonds. The molecule has 0 atom stereocenters. The molecule has 2 aromatic heterocycles. The SMILES string of the molecule is CN(C)CCOc1ccccc1-c1cn(C)c2cccnc12. The second-order valence-corrected chi connectivity index (χ2v) is 5.67. The van der Waals surface area contributed by atoms with Gasteiger partial charge in [-0.3, -0.25) is 4.98 Å². The molecule has 1 aromatic carbocycles. The normalized spacial score (nSPS) is 11.3. The third-order valence-electron chi connectivity index (χ3n) is 3.72. The summed E-state index contributed by atoms with van der Waals surface area (Å²) in [6.07, 6.45) is 3.95. The van der Waals surface area contributed by atoms with E-state index in [0.29, 0.717) is 6.61 Å². The van der Waals surface area contributed by atoms with Crippen molar-refractivity contribution < 1.29 is 4.74 Å². The Kier molecular flexibility index (Phi) is 4.11. The molecule has 4 nitrogen and oxygen atoms in total. The lowest BCUT2D eigenvalue weighted by molar-refractivity contribution is 0.262. The van der Waals surface area contributed by atoms with Crippen molar-refractivity contribution in [1.82, 2.24) is 14.5 Å². The Labute approximate surface area is 131 Å². The molecule has 0 N–H and O–H groups in total. The van der Waals surface area contributed by atoms with Crippen molar-refractivity contribution in [2.75, 3.05) is 27.2 Å². The van der Waals surface area contributed by atoms with Gasteiger partial charge < -0.3 is 14.2 Å². The van der Waals surface area contributed by atoms with Gasteiger partial charge in [0, 0.05) is 37.1 Å². The summed E-state index contributed by atoms with van der Waals surface area (Å²) < 4.78 is 8.09. The highest BCUT2D eigenvalue weighted by molar-refractivity contribution is 5.94. The maximum absolute atomic E-state index is 5.98. The van der Waals surface area contributed by atoms with Crippen LogP contribution in [-0.2, 0) is 7.05 Å². The molecule has 4 heteroatoms. The molecule has 3 aromatic rings. The van der Waals surface area contributed by atoms with E-state index >= 15 is 0 Å². The number of nitrogens with zero attached hydrogens (tertiary/aromatic N) is 3. The lowest BCUT2D eigenvalue weighted by atomic mass is 10.1. The second kappa shape index (κ2) is 6.20. The summed E-state index contributed by atoms with van der Waals surface area (Å²) in [5.74, 6) is 0.905. The molecule has 2 heterocycles. The van der Waals surface area contributed by atoms with Crippen molar-refractivity contribution >= 4 is 11.0 Å². The standard InChI is InChI=1S/C18H21N3O/c1-20(2)11-12-22-17-9-5-4-7-14(17)15-13-21(3)16-8-6-10-19-18(15)16/h4-10,13H,11-12H2,1-3H3. The van der Waals surface area contributed by atoms with Crippen LogP contribution in [0.1, 0.15) is 0 Å². The van der Waals surface area contributed by atoms with E-state index in [1.165, 1.54) is 0 Å². The highest BCUT2D eigenvalue weighted by Crippen LogP contribution is 2.34. The van der Waals surface area contributed by atoms with Crippen molar-refractivity contribution in [3.63, 3.8) is 0 Å². The van der Waals surface area contributed by atoms with Gasteiger partial charge in [0.15, 0.2) is 0 Å². The summed E-state index contributed by atoms with van der Waals surface area (Å²) in [5.41, 5.74) is 4.33. The predicted octanol–water partition coefficient (Wildman–Crippen LogP) is 3.18. The van der Waals surface area contributed by atoms with E-state index in [0.717, 1.165) is 34.5 Å². The third kappa shape index (κ3) is 2.83. The average Bonchev–Trinajstić information content (AvgIpc) is 2.85. The third-order valence-corrected chi connectivity index (χ3v) is 3.72. The fraction of sp³-hybridized carbons (Fsp3) is 0.278. The Hall–Kier alpha value is -2.33. The highest BCUT2D eigenvalue weighted by atomic mass is 16.5. The zero-order valence-electron chi connectivity index (χ0n) is 13.3. The van der Waals surface area contributed by atoms with Crippen LogP contribution in [-0.4, -0.2) is 41.7 Å². The molecule has 0 aliphatic heterocycles. The average molecular weight is 295 g/mol. The fourth-order valence-corrected chi connectivity index (χ4v) is 2.56. The first kappa shape index (κ1) is 14.6. The highest BCUT2D eigenvalue weighted by Gasteiger charge is 2.13. The number of likely N-dealkylation sites (N-methyl/N-ethyl adjacent to an activating group) is 1. The summed E-state index contributed by atoms with van der Waals surface area (Å²) in [4.78, 5) is 6.66. The van der Waals surface area contributed by atoms with Gasteiger partial charge in [-0.05, 0) is 32.3 Å². The molecular formula is C18H21N3O. The number of para-hydroxylation sites is 1. The van der Waals surface area contributed by atoms with Crippen molar-refractivity contribution in [3.8, 4) is 16.9 Å². The first-order valence-corrected chi connectivity index (χ1v) is 7.44. The maximum atomic E-state index is 5.98. The van der Waals surface area contributed by atoms with Crippen LogP contribution in [0.5, 0.6) is 5.75 Å². The first-order chi connectivity index (χ1) is 10.7. The molecule has 0 saturated heterocycles. The predicted molar refractivity (Wildman–Crippen MR) is 90.2 cm³/mol. The Morgan fingerprint density at radius 1 is 1.09 bits per heavy atom. The van der Waals surface area contributed by atoms with Crippen LogP contribution in [0.15, 0.2) is 48.8 Å². The number of benzene rings is 1. The molecule has 0 radical (unpaired) electrons. The van der Waals surface area contributed by atoms with E-state index in [4.69, 9.17) is 4.74 Å². The molecule has 0 bridgehead atoms. The van der Waals surface area contributed by atoms with E-state index < -0.39 is 0 Å². The van der Waals surface area contributed by atoms with Crippen LogP contribution in [0.2, 0.25) is 0 Å². The summed E-state index contributed by atoms with van der Waals surface area (Å²) in [5, 5.41) is 0. The Bertz CT molecular complexity index is 777. The van der Waals surface area contributed by atoms with Crippen molar-refractivity contribution in [1.29, 1.82) is 0 Å². The lowest BCUT2D eigenvalue weighted by Crippen LogP contribution is -2.19. The van der Waals surface area contributed by atoms with E-state index in [9.17, 15) is 0 Å². The smallest absolute Gasteiger partial charge is 0.127 e. The Balaban J connectivity index is 2.00. The van der Waals surface area contributed by atoms with Gasteiger partial charge in [-0.15, -0.1) is 0 Å². The Morgan fingerprint density at radius 2 is 1.91 bits per heavy atom. The number of aryl methyl sites for hydroxylation is 1. The minimum Gasteiger partial charge on any atom is -0.492 e. The van der Waals surface area contributed by atoms with Crippen LogP contribution < -0.4 is 4.74 Å². The zero-order valence-corrected chi connectivity index (χ0v) is 13.3. The molecule has 0 aliphatic rings. The fourth-order valence-electron chi connectivity index (χ4n) is 2.56. The summed E-state index contributed by atoms with van der Waals surface area (Å²) in [6.45, 7) is 1.56. The minimum atomic E-state index is 0.669. The van der Waals surface area contributed by atoms with Gasteiger partial charge in [0.25, 0.3) is 0 Å². The molecule has 0 spiro atoms. The number of hydrogen-bond donors (Lipinski definition) is 0. The second-order valence-electron chi connectivity index (χ2n) is 5.67. The lowest BCUT2D eigenvalue weighted by Gasteiger charge is -2.13. The van der Waals surface area contributed by atoms with Gasteiger partial charge in [0.1, 0.15) is 12.4 Å². The van der Waals surface area contributed by atoms with Gasteiger partial charge in [0.05, 0.1) is 11.0 Å². The largest absolute Gasteiger partial charge is 0.492 e. The van der Waals surface area contributed by atoms with Crippen LogP contribution in [0.4, 0.5) is 0 Å². The van der Waals surface area contributed by atoms with Crippen LogP contribution >= 0.6 is 0 Å². The molecule has 3 rings (SSSR count). The molecular weight excluding hydrogens is 274 g/mol. The van der Waals surface area contributed by atoms with Crippen LogP contribution in [0.25, 0.3) is 22.2 Å². The van der Waals surface area contributed by atoms with Crippen LogP contribution in [0, 0.1) is 0 Å². The molecule has 0 aliphatic carbocycles. The molecule has 22 heavy (non-hydrogen) atoms. The molecule has 114 valence electrons. The number of ether oxygens (including phenoxy) is 1. The quantitative estimate of drug-likeness (QED) is 0.724. The van der Waals surface area contributed by atoms with Gasteiger partial charge in [0.2, 0.25) is 0 Å². The van der Waals surface area contributed by atoms with Crippen molar-refractivity contribution in [2.24, 2.45) is 7.05 Å². The summed E-state index contributed by atoms with van der Waals surface area (Å²) in [7, 11) is 6.14. The molecule has 0 saturated carbocycles. The molecule has 0 fully saturated rings. The minimum absolute atomic E-state index is 0.669.